The Morgan fingerprint density at radius 1 is 0.667 bits per heavy atom. The highest BCUT2D eigenvalue weighted by molar-refractivity contribution is 5.14. The van der Waals surface area contributed by atoms with Crippen molar-refractivity contribution in [2.45, 2.75) is 67.2 Å². The molecule has 0 spiro atoms. The van der Waals surface area contributed by atoms with Gasteiger partial charge in [-0.1, -0.05) is 6.42 Å². The Bertz CT molecular complexity index is 518. The second-order valence-electron chi connectivity index (χ2n) is 6.29. The maximum Gasteiger partial charge on any atom is 0.429 e. The van der Waals surface area contributed by atoms with Gasteiger partial charge in [-0.2, -0.15) is 52.7 Å². The van der Waals surface area contributed by atoms with Gasteiger partial charge in [-0.15, -0.1) is 0 Å². The molecule has 3 nitrogen and oxygen atoms in total. The minimum atomic E-state index is -6.68. The first-order chi connectivity index (χ1) is 11.6. The van der Waals surface area contributed by atoms with Gasteiger partial charge in [-0.25, -0.2) is 0 Å². The number of alkyl halides is 12. The van der Waals surface area contributed by atoms with E-state index < -0.39 is 73.1 Å². The molecule has 0 saturated heterocycles. The van der Waals surface area contributed by atoms with Gasteiger partial charge in [-0.3, -0.25) is 0 Å². The standard InChI is InChI=1S/C12H12F12O3/c13-9(14,15)7(26,10(16,17)18)5-2-1-3-6(25,4-5)8(27,11(19,20)21)12(22,23)24/h5,25-27H,1-4H2. The van der Waals surface area contributed by atoms with Gasteiger partial charge in [0.2, 0.25) is 0 Å². The molecule has 162 valence electrons. The third kappa shape index (κ3) is 3.45. The number of hydrogen-bond acceptors (Lipinski definition) is 3. The van der Waals surface area contributed by atoms with Crippen molar-refractivity contribution in [2.24, 2.45) is 5.92 Å². The Labute approximate surface area is 142 Å². The van der Waals surface area contributed by atoms with E-state index >= 15 is 0 Å². The minimum absolute atomic E-state index is 1.19. The normalized spacial score (nSPS) is 27.0. The lowest BCUT2D eigenvalue weighted by atomic mass is 9.63. The summed E-state index contributed by atoms with van der Waals surface area (Å²) >= 11 is 0. The van der Waals surface area contributed by atoms with E-state index in [1.807, 2.05) is 0 Å². The minimum Gasteiger partial charge on any atom is -0.386 e. The third-order valence-electron chi connectivity index (χ3n) is 4.68. The van der Waals surface area contributed by atoms with Crippen molar-refractivity contribution in [3.8, 4) is 0 Å². The van der Waals surface area contributed by atoms with E-state index in [4.69, 9.17) is 0 Å². The second kappa shape index (κ2) is 6.27. The number of hydrogen-bond donors (Lipinski definition) is 3. The van der Waals surface area contributed by atoms with Crippen LogP contribution in [0.15, 0.2) is 0 Å². The molecule has 3 N–H and O–H groups in total. The summed E-state index contributed by atoms with van der Waals surface area (Å²) in [5, 5.41) is 28.2. The Morgan fingerprint density at radius 2 is 1.04 bits per heavy atom. The van der Waals surface area contributed by atoms with E-state index in [-0.39, 0.29) is 0 Å². The molecule has 0 radical (unpaired) electrons. The van der Waals surface area contributed by atoms with Crippen LogP contribution in [0.4, 0.5) is 52.7 Å². The van der Waals surface area contributed by atoms with E-state index in [9.17, 15) is 68.0 Å². The van der Waals surface area contributed by atoms with Gasteiger partial charge < -0.3 is 15.3 Å². The van der Waals surface area contributed by atoms with Crippen LogP contribution < -0.4 is 0 Å². The van der Waals surface area contributed by atoms with Gasteiger partial charge in [0.1, 0.15) is 5.60 Å². The second-order valence-corrected chi connectivity index (χ2v) is 6.29. The largest absolute Gasteiger partial charge is 0.429 e. The Hall–Kier alpha value is -0.960. The highest BCUT2D eigenvalue weighted by Crippen LogP contribution is 2.58. The molecule has 0 bridgehead atoms. The lowest BCUT2D eigenvalue weighted by Crippen LogP contribution is -2.73. The van der Waals surface area contributed by atoms with Crippen molar-refractivity contribution in [2.75, 3.05) is 0 Å². The van der Waals surface area contributed by atoms with Crippen molar-refractivity contribution in [3.05, 3.63) is 0 Å². The summed E-state index contributed by atoms with van der Waals surface area (Å²) in [6.45, 7) is 0. The summed E-state index contributed by atoms with van der Waals surface area (Å²) in [6, 6.07) is 0. The zero-order valence-corrected chi connectivity index (χ0v) is 12.8. The van der Waals surface area contributed by atoms with Gasteiger partial charge in [0, 0.05) is 5.92 Å². The fraction of sp³-hybridized carbons (Fsp3) is 1.00. The molecule has 0 aromatic carbocycles. The summed E-state index contributed by atoms with van der Waals surface area (Å²) in [6.07, 6.45) is -33.0. The summed E-state index contributed by atoms with van der Waals surface area (Å²) in [4.78, 5) is 0. The van der Waals surface area contributed by atoms with Crippen molar-refractivity contribution in [3.63, 3.8) is 0 Å². The molecule has 27 heavy (non-hydrogen) atoms. The van der Waals surface area contributed by atoms with Crippen molar-refractivity contribution in [1.29, 1.82) is 0 Å². The molecule has 2 atom stereocenters. The van der Waals surface area contributed by atoms with E-state index in [0.717, 1.165) is 0 Å². The molecule has 2 unspecified atom stereocenters. The molecule has 1 aliphatic carbocycles. The Kier molecular flexibility index (Phi) is 5.59. The first kappa shape index (κ1) is 24.1. The summed E-state index contributed by atoms with van der Waals surface area (Å²) in [5.74, 6) is -3.33. The topological polar surface area (TPSA) is 60.7 Å². The molecule has 1 aliphatic rings. The monoisotopic (exact) mass is 432 g/mol. The predicted molar refractivity (Wildman–Crippen MR) is 61.0 cm³/mol. The SMILES string of the molecule is OC1(C(O)(C(F)(F)F)C(F)(F)F)CCCC(C(O)(C(F)(F)F)C(F)(F)F)C1. The first-order valence-corrected chi connectivity index (χ1v) is 7.00. The van der Waals surface area contributed by atoms with Crippen LogP contribution in [0.2, 0.25) is 0 Å². The van der Waals surface area contributed by atoms with Crippen LogP contribution in [0, 0.1) is 5.92 Å². The number of rotatable bonds is 2. The lowest BCUT2D eigenvalue weighted by Gasteiger charge is -2.51. The van der Waals surface area contributed by atoms with E-state index in [0.29, 0.717) is 0 Å². The average Bonchev–Trinajstić information content (AvgIpc) is 2.40. The number of aliphatic hydroxyl groups is 3. The van der Waals surface area contributed by atoms with E-state index in [1.54, 1.807) is 0 Å². The highest BCUT2D eigenvalue weighted by atomic mass is 19.4. The molecule has 0 aliphatic heterocycles. The van der Waals surface area contributed by atoms with Gasteiger partial charge in [-0.05, 0) is 19.3 Å². The predicted octanol–water partition coefficient (Wildman–Crippen LogP) is 3.62. The lowest BCUT2D eigenvalue weighted by molar-refractivity contribution is -0.427. The van der Waals surface area contributed by atoms with Crippen molar-refractivity contribution >= 4 is 0 Å². The molecule has 1 saturated carbocycles. The van der Waals surface area contributed by atoms with Crippen LogP contribution in [-0.4, -0.2) is 56.8 Å². The van der Waals surface area contributed by atoms with Crippen LogP contribution in [0.1, 0.15) is 25.7 Å². The fourth-order valence-corrected chi connectivity index (χ4v) is 3.25. The van der Waals surface area contributed by atoms with Crippen LogP contribution in [0.5, 0.6) is 0 Å². The van der Waals surface area contributed by atoms with Crippen LogP contribution in [-0.2, 0) is 0 Å². The third-order valence-corrected chi connectivity index (χ3v) is 4.68. The summed E-state index contributed by atoms with van der Waals surface area (Å²) < 4.78 is 154. The first-order valence-electron chi connectivity index (χ1n) is 7.00. The molecule has 0 aromatic rings. The molecule has 0 amide bonds. The Morgan fingerprint density at radius 3 is 1.33 bits per heavy atom. The molecule has 1 rings (SSSR count). The van der Waals surface area contributed by atoms with Gasteiger partial charge in [0.15, 0.2) is 0 Å². The zero-order valence-electron chi connectivity index (χ0n) is 12.8. The average molecular weight is 432 g/mol. The van der Waals surface area contributed by atoms with E-state index in [1.165, 1.54) is 0 Å². The summed E-state index contributed by atoms with van der Waals surface area (Å²) in [5.41, 5.74) is -16.2. The zero-order chi connectivity index (χ0) is 21.9. The van der Waals surface area contributed by atoms with Crippen LogP contribution in [0.25, 0.3) is 0 Å². The quantitative estimate of drug-likeness (QED) is 0.585. The van der Waals surface area contributed by atoms with Crippen LogP contribution >= 0.6 is 0 Å². The fourth-order valence-electron chi connectivity index (χ4n) is 3.25. The highest BCUT2D eigenvalue weighted by Gasteiger charge is 2.82. The number of halogens is 12. The molecular formula is C12H12F12O3. The molecule has 0 heterocycles. The van der Waals surface area contributed by atoms with Gasteiger partial charge >= 0.3 is 24.7 Å². The molecular weight excluding hydrogens is 420 g/mol. The summed E-state index contributed by atoms with van der Waals surface area (Å²) in [7, 11) is 0. The smallest absolute Gasteiger partial charge is 0.386 e. The van der Waals surface area contributed by atoms with Crippen LogP contribution in [0.3, 0.4) is 0 Å². The molecule has 15 heteroatoms. The van der Waals surface area contributed by atoms with E-state index in [2.05, 4.69) is 0 Å². The molecule has 0 aromatic heterocycles. The molecule has 1 fully saturated rings. The maximum absolute atomic E-state index is 12.9. The van der Waals surface area contributed by atoms with Gasteiger partial charge in [0.05, 0.1) is 0 Å². The van der Waals surface area contributed by atoms with Crippen molar-refractivity contribution < 1.29 is 68.0 Å². The van der Waals surface area contributed by atoms with Crippen molar-refractivity contribution in [1.82, 2.24) is 0 Å². The maximum atomic E-state index is 12.9. The Balaban J connectivity index is 3.55. The van der Waals surface area contributed by atoms with Gasteiger partial charge in [0.25, 0.3) is 11.2 Å².